The Kier molecular flexibility index (Phi) is 6.07. The lowest BCUT2D eigenvalue weighted by Gasteiger charge is -2.17. The SMILES string of the molecule is O=C1CCc2cc(OCCNC(=O)c3cccnc3Nc3cccc(F)c3)ccc2N1. The lowest BCUT2D eigenvalue weighted by molar-refractivity contribution is -0.116. The fraction of sp³-hybridized carbons (Fsp3) is 0.174. The molecule has 4 rings (SSSR count). The summed E-state index contributed by atoms with van der Waals surface area (Å²) in [6.07, 6.45) is 2.70. The summed E-state index contributed by atoms with van der Waals surface area (Å²) in [7, 11) is 0. The Bertz CT molecular complexity index is 1120. The first-order valence-corrected chi connectivity index (χ1v) is 9.90. The van der Waals surface area contributed by atoms with Gasteiger partial charge in [0.15, 0.2) is 0 Å². The zero-order valence-corrected chi connectivity index (χ0v) is 16.7. The van der Waals surface area contributed by atoms with Crippen LogP contribution in [0.2, 0.25) is 0 Å². The van der Waals surface area contributed by atoms with Crippen molar-refractivity contribution in [3.8, 4) is 5.75 Å². The highest BCUT2D eigenvalue weighted by Crippen LogP contribution is 2.26. The minimum Gasteiger partial charge on any atom is -0.492 e. The molecule has 8 heteroatoms. The van der Waals surface area contributed by atoms with E-state index >= 15 is 0 Å². The zero-order valence-electron chi connectivity index (χ0n) is 16.7. The topological polar surface area (TPSA) is 92.3 Å². The van der Waals surface area contributed by atoms with Crippen LogP contribution in [0, 0.1) is 5.82 Å². The summed E-state index contributed by atoms with van der Waals surface area (Å²) in [4.78, 5) is 28.2. The van der Waals surface area contributed by atoms with Crippen molar-refractivity contribution in [2.45, 2.75) is 12.8 Å². The summed E-state index contributed by atoms with van der Waals surface area (Å²) in [5, 5.41) is 8.60. The van der Waals surface area contributed by atoms with Gasteiger partial charge in [0.1, 0.15) is 24.0 Å². The summed E-state index contributed by atoms with van der Waals surface area (Å²) < 4.78 is 19.1. The first-order chi connectivity index (χ1) is 15.1. The standard InChI is InChI=1S/C23H21FN4O3/c24-16-3-1-4-17(14-16)27-22-19(5-2-10-25-22)23(30)26-11-12-31-18-7-8-20-15(13-18)6-9-21(29)28-20/h1-5,7-8,10,13-14H,6,9,11-12H2,(H,25,27)(H,26,30)(H,28,29). The number of hydrogen-bond acceptors (Lipinski definition) is 5. The molecule has 1 aromatic heterocycles. The normalized spacial score (nSPS) is 12.5. The number of hydrogen-bond donors (Lipinski definition) is 3. The Morgan fingerprint density at radius 2 is 2.03 bits per heavy atom. The van der Waals surface area contributed by atoms with E-state index in [0.717, 1.165) is 11.3 Å². The Balaban J connectivity index is 1.32. The minimum absolute atomic E-state index is 0.0190. The molecule has 2 heterocycles. The average molecular weight is 420 g/mol. The molecule has 7 nitrogen and oxygen atoms in total. The average Bonchev–Trinajstić information content (AvgIpc) is 2.77. The van der Waals surface area contributed by atoms with Gasteiger partial charge in [0, 0.05) is 24.0 Å². The number of aromatic nitrogens is 1. The maximum Gasteiger partial charge on any atom is 0.255 e. The van der Waals surface area contributed by atoms with E-state index in [2.05, 4.69) is 20.9 Å². The Hall–Kier alpha value is -3.94. The molecule has 158 valence electrons. The molecular weight excluding hydrogens is 399 g/mol. The highest BCUT2D eigenvalue weighted by Gasteiger charge is 2.15. The molecular formula is C23H21FN4O3. The Morgan fingerprint density at radius 1 is 1.13 bits per heavy atom. The summed E-state index contributed by atoms with van der Waals surface area (Å²) in [5.74, 6) is 0.338. The monoisotopic (exact) mass is 420 g/mol. The molecule has 31 heavy (non-hydrogen) atoms. The number of benzene rings is 2. The van der Waals surface area contributed by atoms with Crippen LogP contribution in [0.3, 0.4) is 0 Å². The number of nitrogens with one attached hydrogen (secondary N) is 3. The van der Waals surface area contributed by atoms with Gasteiger partial charge >= 0.3 is 0 Å². The van der Waals surface area contributed by atoms with Crippen molar-refractivity contribution in [3.63, 3.8) is 0 Å². The largest absolute Gasteiger partial charge is 0.492 e. The van der Waals surface area contributed by atoms with Gasteiger partial charge in [-0.05, 0) is 60.5 Å². The zero-order chi connectivity index (χ0) is 21.6. The molecule has 0 fully saturated rings. The molecule has 3 N–H and O–H groups in total. The van der Waals surface area contributed by atoms with Crippen LogP contribution in [0.15, 0.2) is 60.8 Å². The summed E-state index contributed by atoms with van der Waals surface area (Å²) in [5.41, 5.74) is 2.69. The fourth-order valence-electron chi connectivity index (χ4n) is 3.27. The number of nitrogens with zero attached hydrogens (tertiary/aromatic N) is 1. The fourth-order valence-corrected chi connectivity index (χ4v) is 3.27. The van der Waals surface area contributed by atoms with Crippen molar-refractivity contribution >= 4 is 29.0 Å². The van der Waals surface area contributed by atoms with Crippen LogP contribution in [0.25, 0.3) is 0 Å². The smallest absolute Gasteiger partial charge is 0.255 e. The summed E-state index contributed by atoms with van der Waals surface area (Å²) >= 11 is 0. The summed E-state index contributed by atoms with van der Waals surface area (Å²) in [6, 6.07) is 14.7. The van der Waals surface area contributed by atoms with E-state index in [9.17, 15) is 14.0 Å². The molecule has 0 radical (unpaired) electrons. The Labute approximate surface area is 178 Å². The van der Waals surface area contributed by atoms with Gasteiger partial charge in [-0.3, -0.25) is 9.59 Å². The van der Waals surface area contributed by atoms with Crippen LogP contribution in [0.4, 0.5) is 21.6 Å². The highest BCUT2D eigenvalue weighted by atomic mass is 19.1. The van der Waals surface area contributed by atoms with Crippen LogP contribution in [0.5, 0.6) is 5.75 Å². The first kappa shape index (κ1) is 20.3. The van der Waals surface area contributed by atoms with Crippen molar-refractivity contribution in [3.05, 3.63) is 77.7 Å². The van der Waals surface area contributed by atoms with Crippen molar-refractivity contribution in [2.24, 2.45) is 0 Å². The van der Waals surface area contributed by atoms with Crippen LogP contribution < -0.4 is 20.7 Å². The van der Waals surface area contributed by atoms with E-state index in [1.54, 1.807) is 36.5 Å². The molecule has 3 aromatic rings. The number of halogens is 1. The third kappa shape index (κ3) is 5.16. The van der Waals surface area contributed by atoms with Gasteiger partial charge in [-0.15, -0.1) is 0 Å². The predicted octanol–water partition coefficient (Wildman–Crippen LogP) is 3.66. The summed E-state index contributed by atoms with van der Waals surface area (Å²) in [6.45, 7) is 0.574. The van der Waals surface area contributed by atoms with E-state index < -0.39 is 0 Å². The highest BCUT2D eigenvalue weighted by molar-refractivity contribution is 5.99. The van der Waals surface area contributed by atoms with Gasteiger partial charge in [0.05, 0.1) is 12.1 Å². The van der Waals surface area contributed by atoms with Crippen molar-refractivity contribution in [1.82, 2.24) is 10.3 Å². The van der Waals surface area contributed by atoms with E-state index in [0.29, 0.717) is 42.2 Å². The molecule has 2 amide bonds. The van der Waals surface area contributed by atoms with E-state index in [-0.39, 0.29) is 24.2 Å². The molecule has 1 aliphatic heterocycles. The molecule has 0 aliphatic carbocycles. The number of anilines is 3. The molecule has 1 aliphatic rings. The number of ether oxygens (including phenoxy) is 1. The second-order valence-electron chi connectivity index (χ2n) is 7.01. The van der Waals surface area contributed by atoms with Gasteiger partial charge < -0.3 is 20.7 Å². The lowest BCUT2D eigenvalue weighted by Crippen LogP contribution is -2.28. The van der Waals surface area contributed by atoms with Gasteiger partial charge in [-0.25, -0.2) is 9.37 Å². The third-order valence-corrected chi connectivity index (χ3v) is 4.77. The van der Waals surface area contributed by atoms with Gasteiger partial charge in [-0.1, -0.05) is 6.07 Å². The molecule has 0 saturated heterocycles. The molecule has 0 spiro atoms. The third-order valence-electron chi connectivity index (χ3n) is 4.77. The van der Waals surface area contributed by atoms with Crippen LogP contribution >= 0.6 is 0 Å². The van der Waals surface area contributed by atoms with E-state index in [1.807, 2.05) is 12.1 Å². The van der Waals surface area contributed by atoms with Crippen LogP contribution in [0.1, 0.15) is 22.3 Å². The number of amides is 2. The lowest BCUT2D eigenvalue weighted by atomic mass is 10.0. The molecule has 0 unspecified atom stereocenters. The first-order valence-electron chi connectivity index (χ1n) is 9.90. The number of fused-ring (bicyclic) bond motifs is 1. The van der Waals surface area contributed by atoms with E-state index in [1.165, 1.54) is 12.1 Å². The molecule has 0 saturated carbocycles. The van der Waals surface area contributed by atoms with Crippen LogP contribution in [-0.2, 0) is 11.2 Å². The second-order valence-corrected chi connectivity index (χ2v) is 7.01. The molecule has 2 aromatic carbocycles. The quantitative estimate of drug-likeness (QED) is 0.508. The maximum absolute atomic E-state index is 13.4. The van der Waals surface area contributed by atoms with Crippen molar-refractivity contribution in [1.29, 1.82) is 0 Å². The maximum atomic E-state index is 13.4. The van der Waals surface area contributed by atoms with Crippen molar-refractivity contribution in [2.75, 3.05) is 23.8 Å². The van der Waals surface area contributed by atoms with Crippen molar-refractivity contribution < 1.29 is 18.7 Å². The predicted molar refractivity (Wildman–Crippen MR) is 115 cm³/mol. The van der Waals surface area contributed by atoms with Gasteiger partial charge in [-0.2, -0.15) is 0 Å². The number of aryl methyl sites for hydroxylation is 1. The van der Waals surface area contributed by atoms with E-state index in [4.69, 9.17) is 4.74 Å². The molecule has 0 bridgehead atoms. The minimum atomic E-state index is -0.381. The number of carbonyl (C=O) groups is 2. The number of rotatable bonds is 7. The van der Waals surface area contributed by atoms with Crippen LogP contribution in [-0.4, -0.2) is 29.9 Å². The van der Waals surface area contributed by atoms with Gasteiger partial charge in [0.2, 0.25) is 5.91 Å². The number of pyridine rings is 1. The second kappa shape index (κ2) is 9.25. The van der Waals surface area contributed by atoms with Gasteiger partial charge in [0.25, 0.3) is 5.91 Å². The molecule has 0 atom stereocenters. The Morgan fingerprint density at radius 3 is 2.90 bits per heavy atom. The number of carbonyl (C=O) groups excluding carboxylic acids is 2.